The van der Waals surface area contributed by atoms with E-state index in [2.05, 4.69) is 5.32 Å². The second-order valence-electron chi connectivity index (χ2n) is 5.42. The lowest BCUT2D eigenvalue weighted by atomic mass is 10.0. The molecule has 0 saturated carbocycles. The number of hydrogen-bond donors (Lipinski definition) is 1. The summed E-state index contributed by atoms with van der Waals surface area (Å²) >= 11 is 5.84. The molecule has 0 atom stereocenters. The Bertz CT molecular complexity index is 984. The number of benzene rings is 2. The van der Waals surface area contributed by atoms with Crippen LogP contribution in [0.5, 0.6) is 0 Å². The normalized spacial score (nSPS) is 14.3. The fraction of sp³-hybridized carbons (Fsp3) is 0.0625. The first-order valence-corrected chi connectivity index (χ1v) is 7.42. The van der Waals surface area contributed by atoms with Crippen molar-refractivity contribution in [2.75, 3.05) is 5.32 Å². The van der Waals surface area contributed by atoms with Gasteiger partial charge in [-0.05, 0) is 24.6 Å². The van der Waals surface area contributed by atoms with Crippen LogP contribution >= 0.6 is 11.6 Å². The van der Waals surface area contributed by atoms with Crippen LogP contribution in [0, 0.1) is 27.2 Å². The van der Waals surface area contributed by atoms with Gasteiger partial charge in [0.2, 0.25) is 0 Å². The number of nitro benzene ring substituents is 2. The van der Waals surface area contributed by atoms with E-state index in [1.807, 2.05) is 0 Å². The molecule has 1 aliphatic rings. The van der Waals surface area contributed by atoms with Crippen LogP contribution in [-0.2, 0) is 4.79 Å². The van der Waals surface area contributed by atoms with Crippen molar-refractivity contribution in [3.63, 3.8) is 0 Å². The lowest BCUT2D eigenvalue weighted by molar-refractivity contribution is -0.385. The summed E-state index contributed by atoms with van der Waals surface area (Å²) in [6.07, 6.45) is 1.45. The average Bonchev–Trinajstić information content (AvgIpc) is 2.82. The maximum Gasteiger partial charge on any atom is 0.288 e. The third-order valence-electron chi connectivity index (χ3n) is 3.81. The zero-order valence-corrected chi connectivity index (χ0v) is 13.5. The first kappa shape index (κ1) is 16.6. The van der Waals surface area contributed by atoms with Crippen molar-refractivity contribution in [2.45, 2.75) is 6.92 Å². The number of rotatable bonds is 3. The van der Waals surface area contributed by atoms with Gasteiger partial charge in [-0.15, -0.1) is 0 Å². The van der Waals surface area contributed by atoms with Crippen LogP contribution in [0.3, 0.4) is 0 Å². The summed E-state index contributed by atoms with van der Waals surface area (Å²) in [6, 6.07) is 7.07. The van der Waals surface area contributed by atoms with E-state index < -0.39 is 15.8 Å². The first-order chi connectivity index (χ1) is 11.8. The number of nitrogens with one attached hydrogen (secondary N) is 1. The maximum absolute atomic E-state index is 12.2. The predicted octanol–water partition coefficient (Wildman–Crippen LogP) is 3.96. The third-order valence-corrected chi connectivity index (χ3v) is 4.11. The largest absolute Gasteiger partial charge is 0.321 e. The minimum absolute atomic E-state index is 0.0740. The van der Waals surface area contributed by atoms with E-state index in [9.17, 15) is 25.0 Å². The number of carbonyl (C=O) groups excluding carboxylic acids is 1. The zero-order chi connectivity index (χ0) is 18.3. The van der Waals surface area contributed by atoms with Gasteiger partial charge in [0, 0.05) is 28.8 Å². The van der Waals surface area contributed by atoms with Gasteiger partial charge in [0.25, 0.3) is 17.3 Å². The summed E-state index contributed by atoms with van der Waals surface area (Å²) in [4.78, 5) is 33.1. The monoisotopic (exact) mass is 359 g/mol. The summed E-state index contributed by atoms with van der Waals surface area (Å²) in [5.74, 6) is -0.463. The fourth-order valence-electron chi connectivity index (χ4n) is 2.56. The van der Waals surface area contributed by atoms with Gasteiger partial charge in [0.15, 0.2) is 0 Å². The number of halogens is 1. The van der Waals surface area contributed by atoms with E-state index in [-0.39, 0.29) is 22.0 Å². The van der Waals surface area contributed by atoms with E-state index in [1.54, 1.807) is 19.1 Å². The molecule has 0 aromatic heterocycles. The molecule has 0 spiro atoms. The molecular formula is C16H10ClN3O5. The molecule has 0 unspecified atom stereocenters. The predicted molar refractivity (Wildman–Crippen MR) is 92.4 cm³/mol. The SMILES string of the molecule is Cc1ccc(/C=C2/C(=O)Nc3cc(Cl)c([N+](=O)[O-])cc32)cc1[N+](=O)[O-]. The molecule has 8 nitrogen and oxygen atoms in total. The van der Waals surface area contributed by atoms with Gasteiger partial charge >= 0.3 is 0 Å². The highest BCUT2D eigenvalue weighted by Crippen LogP contribution is 2.39. The van der Waals surface area contributed by atoms with E-state index >= 15 is 0 Å². The Morgan fingerprint density at radius 3 is 2.40 bits per heavy atom. The zero-order valence-electron chi connectivity index (χ0n) is 12.8. The van der Waals surface area contributed by atoms with Crippen LogP contribution in [-0.4, -0.2) is 15.8 Å². The Labute approximate surface area is 146 Å². The molecule has 0 saturated heterocycles. The van der Waals surface area contributed by atoms with Crippen LogP contribution in [0.1, 0.15) is 16.7 Å². The van der Waals surface area contributed by atoms with Crippen molar-refractivity contribution in [2.24, 2.45) is 0 Å². The molecule has 0 fully saturated rings. The van der Waals surface area contributed by atoms with Crippen LogP contribution in [0.15, 0.2) is 30.3 Å². The standard InChI is InChI=1S/C16H10ClN3O5/c1-8-2-3-9(5-14(8)19(22)23)4-11-10-6-15(20(24)25)12(17)7-13(10)18-16(11)21/h2-7H,1H3,(H,18,21)/b11-4+. The lowest BCUT2D eigenvalue weighted by Gasteiger charge is -2.02. The number of fused-ring (bicyclic) bond motifs is 1. The molecule has 2 aromatic rings. The Morgan fingerprint density at radius 1 is 1.08 bits per heavy atom. The Hall–Kier alpha value is -3.26. The number of hydrogen-bond acceptors (Lipinski definition) is 5. The number of amides is 1. The van der Waals surface area contributed by atoms with E-state index in [1.165, 1.54) is 24.3 Å². The van der Waals surface area contributed by atoms with Gasteiger partial charge in [-0.25, -0.2) is 0 Å². The molecule has 0 aliphatic carbocycles. The molecule has 2 aromatic carbocycles. The van der Waals surface area contributed by atoms with E-state index in [4.69, 9.17) is 11.6 Å². The number of nitro groups is 2. The summed E-state index contributed by atoms with van der Waals surface area (Å²) in [5.41, 5.74) is 1.39. The second-order valence-corrected chi connectivity index (χ2v) is 5.83. The van der Waals surface area contributed by atoms with Crippen molar-refractivity contribution in [1.29, 1.82) is 0 Å². The molecule has 1 amide bonds. The molecule has 9 heteroatoms. The number of aryl methyl sites for hydroxylation is 1. The van der Waals surface area contributed by atoms with Gasteiger partial charge < -0.3 is 5.32 Å². The van der Waals surface area contributed by atoms with E-state index in [0.29, 0.717) is 22.4 Å². The molecule has 25 heavy (non-hydrogen) atoms. The third kappa shape index (κ3) is 2.94. The minimum Gasteiger partial charge on any atom is -0.321 e. The molecule has 1 heterocycles. The smallest absolute Gasteiger partial charge is 0.288 e. The van der Waals surface area contributed by atoms with Crippen molar-refractivity contribution < 1.29 is 14.6 Å². The van der Waals surface area contributed by atoms with Gasteiger partial charge in [0.05, 0.1) is 15.5 Å². The molecule has 0 bridgehead atoms. The van der Waals surface area contributed by atoms with Gasteiger partial charge in [-0.2, -0.15) is 0 Å². The summed E-state index contributed by atoms with van der Waals surface area (Å²) in [7, 11) is 0. The first-order valence-electron chi connectivity index (χ1n) is 7.04. The summed E-state index contributed by atoms with van der Waals surface area (Å²) < 4.78 is 0. The molecule has 126 valence electrons. The number of carbonyl (C=O) groups is 1. The Balaban J connectivity index is 2.14. The fourth-order valence-corrected chi connectivity index (χ4v) is 2.80. The second kappa shape index (κ2) is 5.99. The summed E-state index contributed by atoms with van der Waals surface area (Å²) in [5, 5.41) is 24.6. The number of anilines is 1. The lowest BCUT2D eigenvalue weighted by Crippen LogP contribution is -2.03. The van der Waals surface area contributed by atoms with Gasteiger partial charge in [-0.1, -0.05) is 23.7 Å². The van der Waals surface area contributed by atoms with Gasteiger partial charge in [0.1, 0.15) is 5.02 Å². The quantitative estimate of drug-likeness (QED) is 0.506. The van der Waals surface area contributed by atoms with Crippen LogP contribution in [0.25, 0.3) is 11.6 Å². The molecular weight excluding hydrogens is 350 g/mol. The average molecular weight is 360 g/mol. The van der Waals surface area contributed by atoms with Gasteiger partial charge in [-0.3, -0.25) is 25.0 Å². The highest BCUT2D eigenvalue weighted by atomic mass is 35.5. The Kier molecular flexibility index (Phi) is 3.97. The van der Waals surface area contributed by atoms with Crippen molar-refractivity contribution >= 4 is 46.2 Å². The highest BCUT2D eigenvalue weighted by Gasteiger charge is 2.28. The molecule has 1 N–H and O–H groups in total. The molecule has 0 radical (unpaired) electrons. The minimum atomic E-state index is -0.639. The Morgan fingerprint density at radius 2 is 1.76 bits per heavy atom. The van der Waals surface area contributed by atoms with Crippen LogP contribution in [0.4, 0.5) is 17.1 Å². The highest BCUT2D eigenvalue weighted by molar-refractivity contribution is 6.37. The molecule has 3 rings (SSSR count). The molecule has 1 aliphatic heterocycles. The van der Waals surface area contributed by atoms with Crippen molar-refractivity contribution in [3.8, 4) is 0 Å². The summed E-state index contributed by atoms with van der Waals surface area (Å²) in [6.45, 7) is 1.61. The van der Waals surface area contributed by atoms with Crippen LogP contribution in [0.2, 0.25) is 5.02 Å². The topological polar surface area (TPSA) is 115 Å². The van der Waals surface area contributed by atoms with Crippen LogP contribution < -0.4 is 5.32 Å². The van der Waals surface area contributed by atoms with Crippen molar-refractivity contribution in [1.82, 2.24) is 0 Å². The maximum atomic E-state index is 12.2. The van der Waals surface area contributed by atoms with Crippen molar-refractivity contribution in [3.05, 3.63) is 72.3 Å². The number of nitrogens with zero attached hydrogens (tertiary/aromatic N) is 2. The van der Waals surface area contributed by atoms with E-state index in [0.717, 1.165) is 0 Å².